The summed E-state index contributed by atoms with van der Waals surface area (Å²) < 4.78 is 0. The van der Waals surface area contributed by atoms with Crippen LogP contribution in [0.2, 0.25) is 0 Å². The Hall–Kier alpha value is -1.27. The summed E-state index contributed by atoms with van der Waals surface area (Å²) in [7, 11) is 1.54. The number of rotatable bonds is 7. The number of aryl methyl sites for hydroxylation is 3. The van der Waals surface area contributed by atoms with Crippen LogP contribution in [-0.2, 0) is 17.6 Å². The first kappa shape index (κ1) is 20.8. The van der Waals surface area contributed by atoms with Gasteiger partial charge in [-0.25, -0.2) is 5.01 Å². The van der Waals surface area contributed by atoms with Crippen molar-refractivity contribution >= 4 is 40.3 Å². The van der Waals surface area contributed by atoms with Crippen LogP contribution in [0.5, 0.6) is 0 Å². The monoisotopic (exact) mass is 366 g/mol. The van der Waals surface area contributed by atoms with Gasteiger partial charge in [-0.05, 0) is 44.1 Å². The molecule has 0 aliphatic heterocycles. The molecule has 0 aliphatic rings. The largest absolute Gasteiger partial charge is 0.314 e. The smallest absolute Gasteiger partial charge is 0.283 e. The van der Waals surface area contributed by atoms with Gasteiger partial charge in [0, 0.05) is 17.7 Å². The standard InChI is InChI=1S/C18H26N2O2S2/c1-7-14-9-12(3)10-15(8-2)16(14)17(21)18(22)20(5)19-13(4)24-11-23-6/h9-10H,7-8,11H2,1-6H3/b19-13-. The van der Waals surface area contributed by atoms with Gasteiger partial charge in [0.1, 0.15) is 0 Å². The number of benzene rings is 1. The molecule has 0 radical (unpaired) electrons. The lowest BCUT2D eigenvalue weighted by molar-refractivity contribution is -0.125. The Bertz CT molecular complexity index is 617. The maximum absolute atomic E-state index is 12.8. The van der Waals surface area contributed by atoms with Gasteiger partial charge in [-0.2, -0.15) is 16.9 Å². The zero-order valence-corrected chi connectivity index (χ0v) is 16.9. The maximum atomic E-state index is 12.8. The summed E-state index contributed by atoms with van der Waals surface area (Å²) >= 11 is 3.25. The van der Waals surface area contributed by atoms with Crippen LogP contribution in [-0.4, -0.2) is 40.1 Å². The van der Waals surface area contributed by atoms with E-state index in [9.17, 15) is 9.59 Å². The Labute approximate surface area is 153 Å². The fourth-order valence-electron chi connectivity index (χ4n) is 2.47. The molecule has 0 unspecified atom stereocenters. The van der Waals surface area contributed by atoms with Crippen LogP contribution in [0.3, 0.4) is 0 Å². The van der Waals surface area contributed by atoms with E-state index in [4.69, 9.17) is 0 Å². The molecule has 0 saturated carbocycles. The van der Waals surface area contributed by atoms with E-state index in [0.717, 1.165) is 44.7 Å². The number of carbonyl (C=O) groups is 2. The van der Waals surface area contributed by atoms with Gasteiger partial charge in [-0.15, -0.1) is 0 Å². The summed E-state index contributed by atoms with van der Waals surface area (Å²) in [5.41, 5.74) is 3.52. The minimum atomic E-state index is -0.590. The van der Waals surface area contributed by atoms with Crippen LogP contribution in [0.15, 0.2) is 17.2 Å². The van der Waals surface area contributed by atoms with Gasteiger partial charge in [-0.3, -0.25) is 9.59 Å². The van der Waals surface area contributed by atoms with Crippen molar-refractivity contribution in [2.24, 2.45) is 5.10 Å². The van der Waals surface area contributed by atoms with Gasteiger partial charge in [0.25, 0.3) is 5.78 Å². The molecule has 0 saturated heterocycles. The van der Waals surface area contributed by atoms with E-state index in [2.05, 4.69) is 5.10 Å². The lowest BCUT2D eigenvalue weighted by Gasteiger charge is -2.16. The molecule has 0 spiro atoms. The number of carbonyl (C=O) groups excluding carboxylic acids is 2. The van der Waals surface area contributed by atoms with E-state index in [-0.39, 0.29) is 0 Å². The number of hydrogen-bond donors (Lipinski definition) is 0. The fourth-order valence-corrected chi connectivity index (χ4v) is 3.81. The summed E-state index contributed by atoms with van der Waals surface area (Å²) in [6.45, 7) is 7.86. The van der Waals surface area contributed by atoms with E-state index in [1.54, 1.807) is 23.5 Å². The molecule has 0 atom stereocenters. The molecule has 132 valence electrons. The fraction of sp³-hybridized carbons (Fsp3) is 0.500. The molecule has 1 aromatic carbocycles. The van der Waals surface area contributed by atoms with E-state index >= 15 is 0 Å². The van der Waals surface area contributed by atoms with E-state index < -0.39 is 11.7 Å². The molecule has 1 aromatic rings. The zero-order valence-electron chi connectivity index (χ0n) is 15.3. The first-order chi connectivity index (χ1) is 11.3. The number of hydrazone groups is 1. The van der Waals surface area contributed by atoms with Crippen molar-refractivity contribution in [2.75, 3.05) is 18.4 Å². The quantitative estimate of drug-likeness (QED) is 0.182. The second-order valence-corrected chi connectivity index (χ2v) is 7.89. The molecule has 0 N–H and O–H groups in total. The number of Topliss-reactive ketones (excluding diaryl/α,β-unsaturated/α-hetero) is 1. The SMILES string of the molecule is CCc1cc(C)cc(CC)c1C(=O)C(=O)N(C)/N=C(/C)SCSC. The third-order valence-electron chi connectivity index (χ3n) is 3.60. The third kappa shape index (κ3) is 5.38. The van der Waals surface area contributed by atoms with E-state index in [1.807, 2.05) is 46.1 Å². The summed E-state index contributed by atoms with van der Waals surface area (Å²) in [6, 6.07) is 3.98. The molecule has 0 heterocycles. The average molecular weight is 367 g/mol. The highest BCUT2D eigenvalue weighted by Crippen LogP contribution is 2.21. The normalized spacial score (nSPS) is 11.5. The number of likely N-dealkylation sites (N-methyl/N-ethyl adjacent to an activating group) is 1. The van der Waals surface area contributed by atoms with Crippen molar-refractivity contribution < 1.29 is 9.59 Å². The number of thioether (sulfide) groups is 2. The van der Waals surface area contributed by atoms with Crippen LogP contribution >= 0.6 is 23.5 Å². The third-order valence-corrected chi connectivity index (χ3v) is 5.51. The second-order valence-electron chi connectivity index (χ2n) is 5.49. The van der Waals surface area contributed by atoms with Crippen LogP contribution in [0, 0.1) is 6.92 Å². The van der Waals surface area contributed by atoms with Crippen LogP contribution in [0.1, 0.15) is 47.8 Å². The molecule has 0 aliphatic carbocycles. The van der Waals surface area contributed by atoms with Crippen molar-refractivity contribution in [1.29, 1.82) is 0 Å². The number of hydrogen-bond acceptors (Lipinski definition) is 5. The summed E-state index contributed by atoms with van der Waals surface area (Å²) in [5, 5.41) is 7.01. The lowest BCUT2D eigenvalue weighted by Crippen LogP contribution is -2.31. The van der Waals surface area contributed by atoms with Crippen molar-refractivity contribution in [2.45, 2.75) is 40.5 Å². The Morgan fingerprint density at radius 3 is 2.17 bits per heavy atom. The predicted octanol–water partition coefficient (Wildman–Crippen LogP) is 4.15. The van der Waals surface area contributed by atoms with Crippen molar-refractivity contribution in [3.63, 3.8) is 0 Å². The zero-order chi connectivity index (χ0) is 18.3. The minimum absolute atomic E-state index is 0.474. The molecule has 4 nitrogen and oxygen atoms in total. The highest BCUT2D eigenvalue weighted by molar-refractivity contribution is 8.23. The minimum Gasteiger partial charge on any atom is -0.283 e. The molecule has 1 rings (SSSR count). The molecular weight excluding hydrogens is 340 g/mol. The number of amides is 1. The summed E-state index contributed by atoms with van der Waals surface area (Å²) in [4.78, 5) is 25.3. The maximum Gasteiger partial charge on any atom is 0.314 e. The van der Waals surface area contributed by atoms with Gasteiger partial charge in [0.2, 0.25) is 0 Å². The highest BCUT2D eigenvalue weighted by Gasteiger charge is 2.25. The lowest BCUT2D eigenvalue weighted by atomic mass is 9.92. The number of ketones is 1. The van der Waals surface area contributed by atoms with Gasteiger partial charge in [-0.1, -0.05) is 43.3 Å². The average Bonchev–Trinajstić information content (AvgIpc) is 2.57. The van der Waals surface area contributed by atoms with Crippen LogP contribution < -0.4 is 0 Å². The van der Waals surface area contributed by atoms with Gasteiger partial charge >= 0.3 is 5.91 Å². The molecule has 1 amide bonds. The number of nitrogens with zero attached hydrogens (tertiary/aromatic N) is 2. The molecule has 24 heavy (non-hydrogen) atoms. The Morgan fingerprint density at radius 2 is 1.71 bits per heavy atom. The van der Waals surface area contributed by atoms with E-state index in [1.165, 1.54) is 7.05 Å². The molecule has 0 bridgehead atoms. The molecule has 6 heteroatoms. The predicted molar refractivity (Wildman–Crippen MR) is 106 cm³/mol. The Balaban J connectivity index is 3.11. The van der Waals surface area contributed by atoms with Gasteiger partial charge in [0.15, 0.2) is 0 Å². The molecular formula is C18H26N2O2S2. The topological polar surface area (TPSA) is 49.7 Å². The van der Waals surface area contributed by atoms with E-state index in [0.29, 0.717) is 5.56 Å². The molecule has 0 fully saturated rings. The van der Waals surface area contributed by atoms with Gasteiger partial charge < -0.3 is 0 Å². The van der Waals surface area contributed by atoms with Crippen LogP contribution in [0.25, 0.3) is 0 Å². The Morgan fingerprint density at radius 1 is 1.17 bits per heavy atom. The van der Waals surface area contributed by atoms with Crippen molar-refractivity contribution in [3.8, 4) is 0 Å². The molecule has 0 aromatic heterocycles. The first-order valence-electron chi connectivity index (χ1n) is 7.97. The second kappa shape index (κ2) is 9.89. The summed E-state index contributed by atoms with van der Waals surface area (Å²) in [5.74, 6) is -1.06. The van der Waals surface area contributed by atoms with Gasteiger partial charge in [0.05, 0.1) is 5.04 Å². The first-order valence-corrected chi connectivity index (χ1v) is 10.3. The Kier molecular flexibility index (Phi) is 8.56. The highest BCUT2D eigenvalue weighted by atomic mass is 32.2. The summed E-state index contributed by atoms with van der Waals surface area (Å²) in [6.07, 6.45) is 3.45. The van der Waals surface area contributed by atoms with Crippen LogP contribution in [0.4, 0.5) is 0 Å². The van der Waals surface area contributed by atoms with Crippen molar-refractivity contribution in [1.82, 2.24) is 5.01 Å². The van der Waals surface area contributed by atoms with Crippen molar-refractivity contribution in [3.05, 3.63) is 34.4 Å².